The van der Waals surface area contributed by atoms with E-state index in [-0.39, 0.29) is 0 Å². The van der Waals surface area contributed by atoms with Crippen LogP contribution in [0.5, 0.6) is 5.75 Å². The van der Waals surface area contributed by atoms with Gasteiger partial charge in [-0.15, -0.1) is 0 Å². The first kappa shape index (κ1) is 9.73. The van der Waals surface area contributed by atoms with Crippen molar-refractivity contribution >= 4 is 0 Å². The minimum atomic E-state index is 0.389. The van der Waals surface area contributed by atoms with Crippen LogP contribution in [-0.4, -0.2) is 12.1 Å². The molecular formula is C11H12N2O2. The van der Waals surface area contributed by atoms with Crippen molar-refractivity contribution in [3.63, 3.8) is 0 Å². The Morgan fingerprint density at radius 1 is 1.33 bits per heavy atom. The maximum atomic E-state index is 5.44. The Morgan fingerprint density at radius 3 is 2.60 bits per heavy atom. The molecule has 0 aliphatic carbocycles. The van der Waals surface area contributed by atoms with E-state index < -0.39 is 0 Å². The van der Waals surface area contributed by atoms with Crippen LogP contribution < -0.4 is 10.5 Å². The molecule has 78 valence electrons. The highest BCUT2D eigenvalue weighted by molar-refractivity contribution is 5.54. The number of nitrogens with zero attached hydrogens (tertiary/aromatic N) is 1. The van der Waals surface area contributed by atoms with Gasteiger partial charge in [0.2, 0.25) is 5.89 Å². The largest absolute Gasteiger partial charge is 0.497 e. The molecule has 0 saturated carbocycles. The average Bonchev–Trinajstić information content (AvgIpc) is 2.78. The van der Waals surface area contributed by atoms with E-state index in [2.05, 4.69) is 4.98 Å². The Bertz CT molecular complexity index is 434. The van der Waals surface area contributed by atoms with Gasteiger partial charge in [0.15, 0.2) is 0 Å². The standard InChI is InChI=1S/C11H12N2O2/c1-14-10-4-2-8(3-5-10)11-13-9(6-12)7-15-11/h2-5,7H,6,12H2,1H3. The monoisotopic (exact) mass is 204 g/mol. The minimum absolute atomic E-state index is 0.389. The number of rotatable bonds is 3. The van der Waals surface area contributed by atoms with E-state index in [0.29, 0.717) is 12.4 Å². The molecule has 0 bridgehead atoms. The van der Waals surface area contributed by atoms with Gasteiger partial charge in [0, 0.05) is 12.1 Å². The van der Waals surface area contributed by atoms with Crippen LogP contribution in [0, 0.1) is 0 Å². The van der Waals surface area contributed by atoms with Crippen molar-refractivity contribution in [3.05, 3.63) is 36.2 Å². The van der Waals surface area contributed by atoms with Gasteiger partial charge >= 0.3 is 0 Å². The summed E-state index contributed by atoms with van der Waals surface area (Å²) in [6, 6.07) is 7.51. The fraction of sp³-hybridized carbons (Fsp3) is 0.182. The van der Waals surface area contributed by atoms with Crippen molar-refractivity contribution in [1.82, 2.24) is 4.98 Å². The summed E-state index contributed by atoms with van der Waals surface area (Å²) in [5.74, 6) is 1.39. The second kappa shape index (κ2) is 4.14. The summed E-state index contributed by atoms with van der Waals surface area (Å²) >= 11 is 0. The van der Waals surface area contributed by atoms with Crippen molar-refractivity contribution in [3.8, 4) is 17.2 Å². The molecule has 2 N–H and O–H groups in total. The third kappa shape index (κ3) is 1.99. The molecule has 4 nitrogen and oxygen atoms in total. The smallest absolute Gasteiger partial charge is 0.226 e. The van der Waals surface area contributed by atoms with Crippen molar-refractivity contribution in [2.45, 2.75) is 6.54 Å². The Hall–Kier alpha value is -1.81. The molecule has 2 aromatic rings. The van der Waals surface area contributed by atoms with Gasteiger partial charge in [-0.05, 0) is 24.3 Å². The molecule has 0 spiro atoms. The second-order valence-electron chi connectivity index (χ2n) is 3.08. The first-order chi connectivity index (χ1) is 7.33. The Balaban J connectivity index is 2.28. The quantitative estimate of drug-likeness (QED) is 0.828. The molecule has 0 amide bonds. The van der Waals surface area contributed by atoms with Crippen molar-refractivity contribution in [1.29, 1.82) is 0 Å². The summed E-state index contributed by atoms with van der Waals surface area (Å²) in [6.45, 7) is 0.389. The average molecular weight is 204 g/mol. The van der Waals surface area contributed by atoms with Crippen LogP contribution in [0.3, 0.4) is 0 Å². The molecule has 0 atom stereocenters. The van der Waals surface area contributed by atoms with Gasteiger partial charge < -0.3 is 14.9 Å². The van der Waals surface area contributed by atoms with Crippen LogP contribution >= 0.6 is 0 Å². The van der Waals surface area contributed by atoms with E-state index >= 15 is 0 Å². The first-order valence-corrected chi connectivity index (χ1v) is 4.62. The van der Waals surface area contributed by atoms with E-state index in [0.717, 1.165) is 17.0 Å². The molecular weight excluding hydrogens is 192 g/mol. The molecule has 4 heteroatoms. The summed E-state index contributed by atoms with van der Waals surface area (Å²) in [4.78, 5) is 4.22. The topological polar surface area (TPSA) is 61.3 Å². The predicted octanol–water partition coefficient (Wildman–Crippen LogP) is 1.81. The molecule has 0 aliphatic heterocycles. The number of aromatic nitrogens is 1. The zero-order valence-electron chi connectivity index (χ0n) is 8.43. The van der Waals surface area contributed by atoms with Gasteiger partial charge in [0.1, 0.15) is 12.0 Å². The van der Waals surface area contributed by atoms with Crippen LogP contribution in [0.25, 0.3) is 11.5 Å². The molecule has 0 aliphatic rings. The molecule has 0 saturated heterocycles. The molecule has 1 aromatic heterocycles. The molecule has 1 heterocycles. The van der Waals surface area contributed by atoms with Gasteiger partial charge in [-0.1, -0.05) is 0 Å². The number of oxazole rings is 1. The number of nitrogens with two attached hydrogens (primary N) is 1. The zero-order valence-corrected chi connectivity index (χ0v) is 8.43. The van der Waals surface area contributed by atoms with Gasteiger partial charge in [0.25, 0.3) is 0 Å². The lowest BCUT2D eigenvalue weighted by molar-refractivity contribution is 0.415. The maximum Gasteiger partial charge on any atom is 0.226 e. The molecule has 1 aromatic carbocycles. The number of benzene rings is 1. The summed E-state index contributed by atoms with van der Waals surface area (Å²) < 4.78 is 10.3. The number of hydrogen-bond donors (Lipinski definition) is 1. The van der Waals surface area contributed by atoms with Crippen LogP contribution in [0.2, 0.25) is 0 Å². The number of methoxy groups -OCH3 is 1. The molecule has 0 radical (unpaired) electrons. The second-order valence-corrected chi connectivity index (χ2v) is 3.08. The van der Waals surface area contributed by atoms with E-state index in [1.165, 1.54) is 0 Å². The van der Waals surface area contributed by atoms with Crippen LogP contribution in [0.4, 0.5) is 0 Å². The minimum Gasteiger partial charge on any atom is -0.497 e. The van der Waals surface area contributed by atoms with Gasteiger partial charge in [-0.3, -0.25) is 0 Å². The summed E-state index contributed by atoms with van der Waals surface area (Å²) in [5, 5.41) is 0. The number of hydrogen-bond acceptors (Lipinski definition) is 4. The summed E-state index contributed by atoms with van der Waals surface area (Å²) in [5.41, 5.74) is 7.11. The highest BCUT2D eigenvalue weighted by Crippen LogP contribution is 2.21. The maximum absolute atomic E-state index is 5.44. The third-order valence-electron chi connectivity index (χ3n) is 2.10. The van der Waals surface area contributed by atoms with Crippen LogP contribution in [0.15, 0.2) is 34.9 Å². The van der Waals surface area contributed by atoms with E-state index in [9.17, 15) is 0 Å². The normalized spacial score (nSPS) is 10.3. The molecule has 15 heavy (non-hydrogen) atoms. The molecule has 2 rings (SSSR count). The summed E-state index contributed by atoms with van der Waals surface area (Å²) in [7, 11) is 1.63. The zero-order chi connectivity index (χ0) is 10.7. The van der Waals surface area contributed by atoms with Gasteiger partial charge in [-0.2, -0.15) is 0 Å². The predicted molar refractivity (Wildman–Crippen MR) is 56.4 cm³/mol. The highest BCUT2D eigenvalue weighted by Gasteiger charge is 2.05. The van der Waals surface area contributed by atoms with Crippen LogP contribution in [0.1, 0.15) is 5.69 Å². The van der Waals surface area contributed by atoms with E-state index in [4.69, 9.17) is 14.9 Å². The SMILES string of the molecule is COc1ccc(-c2nc(CN)co2)cc1. The van der Waals surface area contributed by atoms with Gasteiger partial charge in [-0.25, -0.2) is 4.98 Å². The van der Waals surface area contributed by atoms with Crippen LogP contribution in [-0.2, 0) is 6.54 Å². The summed E-state index contributed by atoms with van der Waals surface area (Å²) in [6.07, 6.45) is 1.57. The number of ether oxygens (including phenoxy) is 1. The van der Waals surface area contributed by atoms with E-state index in [1.807, 2.05) is 24.3 Å². The fourth-order valence-corrected chi connectivity index (χ4v) is 1.27. The third-order valence-corrected chi connectivity index (χ3v) is 2.10. The molecule has 0 unspecified atom stereocenters. The molecule has 0 fully saturated rings. The van der Waals surface area contributed by atoms with Gasteiger partial charge in [0.05, 0.1) is 12.8 Å². The van der Waals surface area contributed by atoms with Crippen molar-refractivity contribution < 1.29 is 9.15 Å². The van der Waals surface area contributed by atoms with Crippen molar-refractivity contribution in [2.24, 2.45) is 5.73 Å². The van der Waals surface area contributed by atoms with E-state index in [1.54, 1.807) is 13.4 Å². The lowest BCUT2D eigenvalue weighted by Crippen LogP contribution is -1.95. The Labute approximate surface area is 87.7 Å². The Kier molecular flexibility index (Phi) is 2.69. The first-order valence-electron chi connectivity index (χ1n) is 4.62. The van der Waals surface area contributed by atoms with Crippen molar-refractivity contribution in [2.75, 3.05) is 7.11 Å². The highest BCUT2D eigenvalue weighted by atomic mass is 16.5. The lowest BCUT2D eigenvalue weighted by Gasteiger charge is -1.99. The lowest BCUT2D eigenvalue weighted by atomic mass is 10.2. The Morgan fingerprint density at radius 2 is 2.07 bits per heavy atom. The fourth-order valence-electron chi connectivity index (χ4n) is 1.27.